The van der Waals surface area contributed by atoms with Gasteiger partial charge in [0.05, 0.1) is 5.56 Å². The second-order valence-corrected chi connectivity index (χ2v) is 6.73. The Morgan fingerprint density at radius 2 is 2.08 bits per heavy atom. The van der Waals surface area contributed by atoms with E-state index in [2.05, 4.69) is 29.2 Å². The highest BCUT2D eigenvalue weighted by molar-refractivity contribution is 5.97. The van der Waals surface area contributed by atoms with Gasteiger partial charge in [-0.2, -0.15) is 0 Å². The molecule has 0 radical (unpaired) electrons. The number of nitrogens with zero attached hydrogens (tertiary/aromatic N) is 1. The monoisotopic (exact) mass is 320 g/mol. The minimum Gasteiger partial charge on any atom is -0.398 e. The fourth-order valence-corrected chi connectivity index (χ4v) is 4.25. The third-order valence-electron chi connectivity index (χ3n) is 5.44. The zero-order valence-electron chi connectivity index (χ0n) is 13.6. The van der Waals surface area contributed by atoms with Gasteiger partial charge in [-0.1, -0.05) is 24.3 Å². The molecule has 24 heavy (non-hydrogen) atoms. The zero-order valence-corrected chi connectivity index (χ0v) is 13.6. The van der Waals surface area contributed by atoms with Gasteiger partial charge in [0.2, 0.25) is 0 Å². The standard InChI is InChI=1S/C20H21N3O/c21-12-15-10-14(7-8-18(15)22)20(24)23-9-3-6-17-16-5-2-1-4-13(16)11-19(17)23/h1-2,4-5,7-8,10,12,17,19,21H,3,6,9,11,22H2/p+1. The summed E-state index contributed by atoms with van der Waals surface area (Å²) >= 11 is 0. The lowest BCUT2D eigenvalue weighted by Crippen LogP contribution is -2.46. The number of benzene rings is 2. The second kappa shape index (κ2) is 5.78. The first kappa shape index (κ1) is 14.9. The molecule has 1 heterocycles. The first-order chi connectivity index (χ1) is 11.7. The molecule has 0 saturated carbocycles. The Bertz CT molecular complexity index is 814. The van der Waals surface area contributed by atoms with Gasteiger partial charge in [0.1, 0.15) is 0 Å². The maximum absolute atomic E-state index is 13.1. The normalized spacial score (nSPS) is 21.9. The molecule has 2 atom stereocenters. The number of amides is 1. The third-order valence-corrected chi connectivity index (χ3v) is 5.44. The van der Waals surface area contributed by atoms with E-state index in [1.54, 1.807) is 18.2 Å². The molecule has 1 saturated heterocycles. The topological polar surface area (TPSA) is 71.9 Å². The molecule has 2 aromatic carbocycles. The largest absolute Gasteiger partial charge is 0.398 e. The number of nitrogens with two attached hydrogens (primary N) is 2. The average molecular weight is 320 g/mol. The molecule has 0 spiro atoms. The van der Waals surface area contributed by atoms with Gasteiger partial charge in [0.25, 0.3) is 5.91 Å². The summed E-state index contributed by atoms with van der Waals surface area (Å²) < 4.78 is 0. The van der Waals surface area contributed by atoms with Crippen LogP contribution in [-0.2, 0) is 6.42 Å². The number of rotatable bonds is 2. The number of anilines is 1. The van der Waals surface area contributed by atoms with Crippen LogP contribution < -0.4 is 11.1 Å². The molecular weight excluding hydrogens is 298 g/mol. The smallest absolute Gasteiger partial charge is 0.254 e. The molecule has 1 fully saturated rings. The number of piperidine rings is 1. The first-order valence-electron chi connectivity index (χ1n) is 8.52. The molecule has 4 heteroatoms. The molecule has 0 aromatic heterocycles. The van der Waals surface area contributed by atoms with E-state index in [9.17, 15) is 4.79 Å². The van der Waals surface area contributed by atoms with Gasteiger partial charge in [-0.15, -0.1) is 0 Å². The molecule has 2 unspecified atom stereocenters. The molecule has 2 aliphatic rings. The van der Waals surface area contributed by atoms with Crippen LogP contribution >= 0.6 is 0 Å². The lowest BCUT2D eigenvalue weighted by Gasteiger charge is -2.38. The third kappa shape index (κ3) is 2.30. The first-order valence-corrected chi connectivity index (χ1v) is 8.52. The van der Waals surface area contributed by atoms with Crippen LogP contribution in [0.5, 0.6) is 0 Å². The SMILES string of the molecule is Nc1ccc(C(=O)N2CCCC3c4ccccc4CC32)cc1C=[NH2+]. The predicted molar refractivity (Wildman–Crippen MR) is 94.9 cm³/mol. The number of fused-ring (bicyclic) bond motifs is 3. The maximum Gasteiger partial charge on any atom is 0.254 e. The summed E-state index contributed by atoms with van der Waals surface area (Å²) in [7, 11) is 0. The van der Waals surface area contributed by atoms with Crippen LogP contribution in [0.4, 0.5) is 5.69 Å². The van der Waals surface area contributed by atoms with E-state index in [-0.39, 0.29) is 11.9 Å². The average Bonchev–Trinajstić information content (AvgIpc) is 3.00. The molecule has 122 valence electrons. The summed E-state index contributed by atoms with van der Waals surface area (Å²) in [6, 6.07) is 14.2. The van der Waals surface area contributed by atoms with Crippen molar-refractivity contribution >= 4 is 17.8 Å². The van der Waals surface area contributed by atoms with Crippen molar-refractivity contribution in [3.63, 3.8) is 0 Å². The minimum absolute atomic E-state index is 0.0839. The Morgan fingerprint density at radius 1 is 1.25 bits per heavy atom. The van der Waals surface area contributed by atoms with Crippen molar-refractivity contribution in [2.75, 3.05) is 12.3 Å². The van der Waals surface area contributed by atoms with Crippen molar-refractivity contribution < 1.29 is 10.2 Å². The molecule has 4 rings (SSSR count). The lowest BCUT2D eigenvalue weighted by atomic mass is 9.88. The van der Waals surface area contributed by atoms with Crippen LogP contribution in [0.2, 0.25) is 0 Å². The fraction of sp³-hybridized carbons (Fsp3) is 0.300. The fourth-order valence-electron chi connectivity index (χ4n) is 4.25. The van der Waals surface area contributed by atoms with Crippen molar-refractivity contribution in [3.8, 4) is 0 Å². The highest BCUT2D eigenvalue weighted by Gasteiger charge is 2.40. The minimum atomic E-state index is 0.0839. The van der Waals surface area contributed by atoms with Crippen LogP contribution in [0, 0.1) is 0 Å². The summed E-state index contributed by atoms with van der Waals surface area (Å²) in [5.41, 5.74) is 10.7. The predicted octanol–water partition coefficient (Wildman–Crippen LogP) is 1.39. The summed E-state index contributed by atoms with van der Waals surface area (Å²) in [6.07, 6.45) is 4.62. The van der Waals surface area contributed by atoms with Crippen molar-refractivity contribution in [1.29, 1.82) is 0 Å². The summed E-state index contributed by atoms with van der Waals surface area (Å²) in [5.74, 6) is 0.550. The zero-order chi connectivity index (χ0) is 16.7. The second-order valence-electron chi connectivity index (χ2n) is 6.73. The van der Waals surface area contributed by atoms with Crippen molar-refractivity contribution in [3.05, 3.63) is 64.7 Å². The van der Waals surface area contributed by atoms with Crippen molar-refractivity contribution in [2.45, 2.75) is 31.2 Å². The Morgan fingerprint density at radius 3 is 2.92 bits per heavy atom. The number of hydrogen-bond acceptors (Lipinski definition) is 2. The van der Waals surface area contributed by atoms with Crippen LogP contribution in [0.15, 0.2) is 42.5 Å². The van der Waals surface area contributed by atoms with Crippen molar-refractivity contribution in [1.82, 2.24) is 4.90 Å². The molecule has 1 aliphatic heterocycles. The van der Waals surface area contributed by atoms with Crippen molar-refractivity contribution in [2.24, 2.45) is 0 Å². The molecule has 2 aromatic rings. The quantitative estimate of drug-likeness (QED) is 0.648. The van der Waals surface area contributed by atoms with Gasteiger partial charge in [-0.05, 0) is 48.6 Å². The van der Waals surface area contributed by atoms with Crippen LogP contribution in [0.3, 0.4) is 0 Å². The highest BCUT2D eigenvalue weighted by atomic mass is 16.2. The number of hydrogen-bond donors (Lipinski definition) is 2. The molecule has 4 nitrogen and oxygen atoms in total. The van der Waals surface area contributed by atoms with Crippen LogP contribution in [0.25, 0.3) is 0 Å². The summed E-state index contributed by atoms with van der Waals surface area (Å²) in [5, 5.41) is 5.61. The van der Waals surface area contributed by atoms with Gasteiger partial charge in [-0.3, -0.25) is 10.2 Å². The molecule has 0 bridgehead atoms. The number of carbonyl (C=O) groups is 1. The van der Waals surface area contributed by atoms with Crippen LogP contribution in [0.1, 0.15) is 45.8 Å². The van der Waals surface area contributed by atoms with Crippen LogP contribution in [-0.4, -0.2) is 29.6 Å². The molecule has 1 aliphatic carbocycles. The van der Waals surface area contributed by atoms with E-state index >= 15 is 0 Å². The van der Waals surface area contributed by atoms with Gasteiger partial charge in [0, 0.05) is 29.8 Å². The number of nitrogen functional groups attached to an aromatic ring is 1. The van der Waals surface area contributed by atoms with Gasteiger partial charge in [0.15, 0.2) is 6.21 Å². The maximum atomic E-state index is 13.1. The van der Waals surface area contributed by atoms with E-state index in [0.717, 1.165) is 25.8 Å². The Labute approximate surface area is 141 Å². The Kier molecular flexibility index (Phi) is 3.60. The highest BCUT2D eigenvalue weighted by Crippen LogP contribution is 2.42. The molecule has 1 amide bonds. The summed E-state index contributed by atoms with van der Waals surface area (Å²) in [4.78, 5) is 15.2. The van der Waals surface area contributed by atoms with Gasteiger partial charge in [-0.25, -0.2) is 0 Å². The van der Waals surface area contributed by atoms with Gasteiger partial charge >= 0.3 is 0 Å². The molecule has 4 N–H and O–H groups in total. The Balaban J connectivity index is 1.65. The summed E-state index contributed by atoms with van der Waals surface area (Å²) in [6.45, 7) is 0.819. The lowest BCUT2D eigenvalue weighted by molar-refractivity contribution is -0.104. The van der Waals surface area contributed by atoms with E-state index < -0.39 is 0 Å². The van der Waals surface area contributed by atoms with Gasteiger partial charge < -0.3 is 10.6 Å². The number of likely N-dealkylation sites (tertiary alicyclic amines) is 1. The number of carbonyl (C=O) groups excluding carboxylic acids is 1. The Hall–Kier alpha value is -2.62. The van der Waals surface area contributed by atoms with E-state index in [4.69, 9.17) is 11.1 Å². The van der Waals surface area contributed by atoms with E-state index in [1.807, 2.05) is 0 Å². The van der Waals surface area contributed by atoms with E-state index in [0.29, 0.717) is 22.7 Å². The van der Waals surface area contributed by atoms with E-state index in [1.165, 1.54) is 17.3 Å². The molecular formula is C20H22N3O+.